The number of aliphatic hydroxyl groups excluding tert-OH is 1. The number of rotatable bonds is 5. The van der Waals surface area contributed by atoms with Crippen molar-refractivity contribution in [1.29, 1.82) is 0 Å². The molecule has 6 nitrogen and oxygen atoms in total. The minimum atomic E-state index is -0.735. The third-order valence-corrected chi connectivity index (χ3v) is 5.88. The van der Waals surface area contributed by atoms with Crippen molar-refractivity contribution in [3.8, 4) is 0 Å². The minimum Gasteiger partial charge on any atom is -0.507 e. The van der Waals surface area contributed by atoms with Crippen molar-refractivity contribution >= 4 is 17.4 Å². The van der Waals surface area contributed by atoms with Crippen LogP contribution in [0.15, 0.2) is 60.2 Å². The van der Waals surface area contributed by atoms with E-state index in [-0.39, 0.29) is 11.3 Å². The van der Waals surface area contributed by atoms with Gasteiger partial charge in [0.25, 0.3) is 11.7 Å². The lowest BCUT2D eigenvalue weighted by Crippen LogP contribution is -3.20. The molecule has 0 saturated carbocycles. The minimum absolute atomic E-state index is 0.0554. The predicted octanol–water partition coefficient (Wildman–Crippen LogP) is -0.291. The third kappa shape index (κ3) is 3.99. The van der Waals surface area contributed by atoms with Gasteiger partial charge in [0.15, 0.2) is 0 Å². The van der Waals surface area contributed by atoms with Crippen LogP contribution in [0, 0.1) is 5.82 Å². The molecule has 0 unspecified atom stereocenters. The van der Waals surface area contributed by atoms with E-state index >= 15 is 0 Å². The summed E-state index contributed by atoms with van der Waals surface area (Å²) in [5.41, 5.74) is 1.13. The van der Waals surface area contributed by atoms with Gasteiger partial charge in [0.1, 0.15) is 37.8 Å². The quantitative estimate of drug-likeness (QED) is 0.360. The summed E-state index contributed by atoms with van der Waals surface area (Å²) in [5.74, 6) is -1.92. The number of piperazine rings is 1. The summed E-state index contributed by atoms with van der Waals surface area (Å²) in [7, 11) is 0. The molecule has 4 rings (SSSR count). The number of hydrogen-bond acceptors (Lipinski definition) is 3. The Morgan fingerprint density at radius 2 is 1.73 bits per heavy atom. The van der Waals surface area contributed by atoms with E-state index in [0.29, 0.717) is 17.7 Å². The Morgan fingerprint density at radius 1 is 1.07 bits per heavy atom. The van der Waals surface area contributed by atoms with Crippen LogP contribution in [-0.2, 0) is 9.59 Å². The van der Waals surface area contributed by atoms with E-state index in [2.05, 4.69) is 5.32 Å². The highest BCUT2D eigenvalue weighted by atomic mass is 19.1. The van der Waals surface area contributed by atoms with Crippen molar-refractivity contribution in [1.82, 2.24) is 4.90 Å². The molecule has 0 radical (unpaired) electrons. The molecule has 0 aromatic heterocycles. The van der Waals surface area contributed by atoms with Crippen molar-refractivity contribution in [3.05, 3.63) is 77.1 Å². The van der Waals surface area contributed by atoms with E-state index in [9.17, 15) is 19.1 Å². The second-order valence-corrected chi connectivity index (χ2v) is 7.78. The molecule has 7 heteroatoms. The first kappa shape index (κ1) is 20.3. The van der Waals surface area contributed by atoms with Crippen LogP contribution >= 0.6 is 0 Å². The zero-order valence-corrected chi connectivity index (χ0v) is 16.7. The SMILES string of the molecule is O=C1C(=O)N(CC[NH+]2CC[NH2+]CC2)[C@@H](c2ccc(F)cc2)C1=C(O)c1ccccc1. The first-order chi connectivity index (χ1) is 14.6. The maximum absolute atomic E-state index is 13.5. The van der Waals surface area contributed by atoms with Crippen molar-refractivity contribution in [2.45, 2.75) is 6.04 Å². The van der Waals surface area contributed by atoms with Gasteiger partial charge < -0.3 is 20.2 Å². The number of nitrogens with zero attached hydrogens (tertiary/aromatic N) is 1. The molecular formula is C23H26FN3O3+2. The Bertz CT molecular complexity index is 953. The van der Waals surface area contributed by atoms with Gasteiger partial charge in [0.2, 0.25) is 0 Å². The van der Waals surface area contributed by atoms with Crippen LogP contribution in [0.2, 0.25) is 0 Å². The number of nitrogens with one attached hydrogen (secondary N) is 1. The number of hydrogen-bond donors (Lipinski definition) is 3. The largest absolute Gasteiger partial charge is 0.507 e. The molecule has 2 heterocycles. The fourth-order valence-corrected chi connectivity index (χ4v) is 4.26. The number of carbonyl (C=O) groups excluding carboxylic acids is 2. The van der Waals surface area contributed by atoms with Crippen LogP contribution in [0.3, 0.4) is 0 Å². The van der Waals surface area contributed by atoms with Gasteiger partial charge in [-0.25, -0.2) is 4.39 Å². The van der Waals surface area contributed by atoms with Crippen LogP contribution in [0.1, 0.15) is 17.2 Å². The Balaban J connectivity index is 1.72. The number of quaternary nitrogens is 2. The summed E-state index contributed by atoms with van der Waals surface area (Å²) in [6.07, 6.45) is 0. The molecule has 2 aliphatic heterocycles. The summed E-state index contributed by atoms with van der Waals surface area (Å²) in [6.45, 7) is 5.23. The van der Waals surface area contributed by atoms with Gasteiger partial charge in [0, 0.05) is 5.56 Å². The van der Waals surface area contributed by atoms with E-state index in [4.69, 9.17) is 0 Å². The van der Waals surface area contributed by atoms with E-state index in [1.165, 1.54) is 21.9 Å². The average Bonchev–Trinajstić information content (AvgIpc) is 3.04. The lowest BCUT2D eigenvalue weighted by molar-refractivity contribution is -0.946. The zero-order chi connectivity index (χ0) is 21.1. The number of Topliss-reactive ketones (excluding diaryl/α,β-unsaturated/α-hetero) is 1. The summed E-state index contributed by atoms with van der Waals surface area (Å²) >= 11 is 0. The molecule has 2 fully saturated rings. The monoisotopic (exact) mass is 411 g/mol. The van der Waals surface area contributed by atoms with Crippen molar-refractivity contribution in [2.75, 3.05) is 39.3 Å². The number of carbonyl (C=O) groups is 2. The topological polar surface area (TPSA) is 78.7 Å². The number of nitrogens with two attached hydrogens (primary N) is 1. The van der Waals surface area contributed by atoms with Gasteiger partial charge in [-0.2, -0.15) is 0 Å². The molecule has 1 amide bonds. The second kappa shape index (κ2) is 8.77. The van der Waals surface area contributed by atoms with Gasteiger partial charge in [-0.15, -0.1) is 0 Å². The summed E-state index contributed by atoms with van der Waals surface area (Å²) in [6, 6.07) is 13.7. The number of ketones is 1. The van der Waals surface area contributed by atoms with Gasteiger partial charge >= 0.3 is 0 Å². The van der Waals surface area contributed by atoms with Gasteiger partial charge in [-0.1, -0.05) is 42.5 Å². The third-order valence-electron chi connectivity index (χ3n) is 5.88. The molecule has 0 bridgehead atoms. The van der Waals surface area contributed by atoms with Crippen LogP contribution in [0.5, 0.6) is 0 Å². The second-order valence-electron chi connectivity index (χ2n) is 7.78. The van der Waals surface area contributed by atoms with E-state index in [1.54, 1.807) is 36.4 Å². The Hall–Kier alpha value is -3.03. The Morgan fingerprint density at radius 3 is 2.40 bits per heavy atom. The Labute approximate surface area is 174 Å². The maximum atomic E-state index is 13.5. The number of aliphatic hydroxyl groups is 1. The molecule has 2 aliphatic rings. The van der Waals surface area contributed by atoms with Crippen LogP contribution in [0.25, 0.3) is 5.76 Å². The summed E-state index contributed by atoms with van der Waals surface area (Å²) in [5, 5.41) is 13.2. The standard InChI is InChI=1S/C23H24FN3O3/c24-18-8-6-16(7-9-18)20-19(21(28)17-4-2-1-3-5-17)22(29)23(30)27(20)15-14-26-12-10-25-11-13-26/h1-9,20,25,28H,10-15H2/p+2/t20-/m0/s1. The fourth-order valence-electron chi connectivity index (χ4n) is 4.26. The zero-order valence-electron chi connectivity index (χ0n) is 16.7. The fraction of sp³-hybridized carbons (Fsp3) is 0.304. The van der Waals surface area contributed by atoms with Crippen LogP contribution in [-0.4, -0.2) is 61.0 Å². The molecule has 156 valence electrons. The van der Waals surface area contributed by atoms with Gasteiger partial charge in [-0.05, 0) is 17.7 Å². The molecule has 2 aromatic rings. The molecule has 0 aliphatic carbocycles. The Kier molecular flexibility index (Phi) is 5.92. The molecule has 2 saturated heterocycles. The molecular weight excluding hydrogens is 385 g/mol. The number of likely N-dealkylation sites (tertiary alicyclic amines) is 1. The lowest BCUT2D eigenvalue weighted by atomic mass is 9.95. The van der Waals surface area contributed by atoms with Crippen molar-refractivity contribution in [3.63, 3.8) is 0 Å². The number of benzene rings is 2. The first-order valence-electron chi connectivity index (χ1n) is 10.3. The summed E-state index contributed by atoms with van der Waals surface area (Å²) < 4.78 is 13.5. The summed E-state index contributed by atoms with van der Waals surface area (Å²) in [4.78, 5) is 28.8. The normalized spacial score (nSPS) is 21.9. The first-order valence-corrected chi connectivity index (χ1v) is 10.3. The van der Waals surface area contributed by atoms with Crippen molar-refractivity contribution < 1.29 is 29.3 Å². The predicted molar refractivity (Wildman–Crippen MR) is 109 cm³/mol. The van der Waals surface area contributed by atoms with Crippen LogP contribution in [0.4, 0.5) is 4.39 Å². The van der Waals surface area contributed by atoms with E-state index in [1.807, 2.05) is 6.07 Å². The molecule has 2 aromatic carbocycles. The van der Waals surface area contributed by atoms with Gasteiger partial charge in [-0.3, -0.25) is 9.59 Å². The highest BCUT2D eigenvalue weighted by molar-refractivity contribution is 6.46. The number of halogens is 1. The van der Waals surface area contributed by atoms with E-state index in [0.717, 1.165) is 32.7 Å². The van der Waals surface area contributed by atoms with Gasteiger partial charge in [0.05, 0.1) is 24.7 Å². The van der Waals surface area contributed by atoms with Crippen molar-refractivity contribution in [2.24, 2.45) is 0 Å². The maximum Gasteiger partial charge on any atom is 0.295 e. The van der Waals surface area contributed by atoms with E-state index < -0.39 is 23.5 Å². The smallest absolute Gasteiger partial charge is 0.295 e. The lowest BCUT2D eigenvalue weighted by Gasteiger charge is -2.28. The highest BCUT2D eigenvalue weighted by Gasteiger charge is 2.46. The molecule has 4 N–H and O–H groups in total. The molecule has 30 heavy (non-hydrogen) atoms. The van der Waals surface area contributed by atoms with Crippen LogP contribution < -0.4 is 10.2 Å². The molecule has 0 spiro atoms. The number of amides is 1. The highest BCUT2D eigenvalue weighted by Crippen LogP contribution is 2.39. The average molecular weight is 411 g/mol. The molecule has 1 atom stereocenters.